The number of alkyl halides is 1. The third kappa shape index (κ3) is 4.55. The Morgan fingerprint density at radius 3 is 2.94 bits per heavy atom. The van der Waals surface area contributed by atoms with E-state index < -0.39 is 11.7 Å². The summed E-state index contributed by atoms with van der Waals surface area (Å²) in [7, 11) is 1.59. The molecule has 0 aliphatic heterocycles. The van der Waals surface area contributed by atoms with Crippen LogP contribution in [0.25, 0.3) is 0 Å². The number of carbonyl (C=O) groups excluding carboxylic acids is 1. The van der Waals surface area contributed by atoms with E-state index >= 15 is 0 Å². The summed E-state index contributed by atoms with van der Waals surface area (Å²) in [5, 5.41) is 3.62. The zero-order chi connectivity index (χ0) is 13.5. The minimum absolute atomic E-state index is 0.0501. The second-order valence-electron chi connectivity index (χ2n) is 3.73. The highest BCUT2D eigenvalue weighted by atomic mass is 79.9. The van der Waals surface area contributed by atoms with Crippen molar-refractivity contribution in [2.75, 3.05) is 19.0 Å². The fraction of sp³-hybridized carbons (Fsp3) is 0.417. The quantitative estimate of drug-likeness (QED) is 0.810. The normalized spacial score (nSPS) is 12.2. The van der Waals surface area contributed by atoms with Crippen LogP contribution in [-0.4, -0.2) is 31.0 Å². The van der Waals surface area contributed by atoms with Crippen LogP contribution in [0, 0.1) is 5.82 Å². The number of hydrogen-bond donors (Lipinski definition) is 1. The van der Waals surface area contributed by atoms with Gasteiger partial charge in [-0.05, 0) is 24.6 Å². The van der Waals surface area contributed by atoms with Crippen LogP contribution in [0.3, 0.4) is 0 Å². The minimum Gasteiger partial charge on any atom is -0.385 e. The molecule has 0 radical (unpaired) electrons. The van der Waals surface area contributed by atoms with Gasteiger partial charge >= 0.3 is 0 Å². The molecule has 0 saturated carbocycles. The lowest BCUT2D eigenvalue weighted by Crippen LogP contribution is -2.37. The number of carbonyl (C=O) groups is 1. The van der Waals surface area contributed by atoms with E-state index in [9.17, 15) is 9.18 Å². The summed E-state index contributed by atoms with van der Waals surface area (Å²) in [4.78, 5) is 11.9. The van der Waals surface area contributed by atoms with Crippen molar-refractivity contribution in [3.8, 4) is 0 Å². The van der Waals surface area contributed by atoms with Crippen LogP contribution in [0.15, 0.2) is 18.2 Å². The molecule has 18 heavy (non-hydrogen) atoms. The minimum atomic E-state index is -0.586. The summed E-state index contributed by atoms with van der Waals surface area (Å²) in [5.41, 5.74) is -0.0501. The highest BCUT2D eigenvalue weighted by Gasteiger charge is 2.16. The molecular formula is C12H14BrClFNO2. The molecule has 0 aliphatic carbocycles. The van der Waals surface area contributed by atoms with Crippen molar-refractivity contribution < 1.29 is 13.9 Å². The van der Waals surface area contributed by atoms with E-state index in [4.69, 9.17) is 16.3 Å². The van der Waals surface area contributed by atoms with Gasteiger partial charge in [-0.1, -0.05) is 27.5 Å². The maximum atomic E-state index is 13.5. The van der Waals surface area contributed by atoms with Crippen molar-refractivity contribution in [3.63, 3.8) is 0 Å². The summed E-state index contributed by atoms with van der Waals surface area (Å²) in [6, 6.07) is 3.78. The lowest BCUT2D eigenvalue weighted by Gasteiger charge is -2.16. The highest BCUT2D eigenvalue weighted by molar-refractivity contribution is 9.09. The maximum Gasteiger partial charge on any atom is 0.254 e. The first-order chi connectivity index (χ1) is 8.58. The first-order valence-corrected chi connectivity index (χ1v) is 6.89. The van der Waals surface area contributed by atoms with Crippen molar-refractivity contribution in [2.45, 2.75) is 12.5 Å². The maximum absolute atomic E-state index is 13.5. The Bertz CT molecular complexity index is 417. The summed E-state index contributed by atoms with van der Waals surface area (Å²) >= 11 is 9.03. The lowest BCUT2D eigenvalue weighted by molar-refractivity contribution is 0.0927. The summed E-state index contributed by atoms with van der Waals surface area (Å²) in [6.07, 6.45) is 0.648. The summed E-state index contributed by atoms with van der Waals surface area (Å²) < 4.78 is 18.4. The molecule has 0 fully saturated rings. The van der Waals surface area contributed by atoms with Gasteiger partial charge in [-0.3, -0.25) is 4.79 Å². The smallest absolute Gasteiger partial charge is 0.254 e. The van der Waals surface area contributed by atoms with Gasteiger partial charge < -0.3 is 10.1 Å². The van der Waals surface area contributed by atoms with Gasteiger partial charge in [0.15, 0.2) is 0 Å². The van der Waals surface area contributed by atoms with Gasteiger partial charge in [0.2, 0.25) is 0 Å². The molecule has 0 bridgehead atoms. The van der Waals surface area contributed by atoms with E-state index in [1.807, 2.05) is 0 Å². The molecule has 1 unspecified atom stereocenters. The van der Waals surface area contributed by atoms with Crippen molar-refractivity contribution in [3.05, 3.63) is 34.6 Å². The molecule has 0 aliphatic rings. The predicted molar refractivity (Wildman–Crippen MR) is 73.0 cm³/mol. The molecule has 100 valence electrons. The van der Waals surface area contributed by atoms with Gasteiger partial charge in [-0.2, -0.15) is 0 Å². The van der Waals surface area contributed by atoms with E-state index in [1.165, 1.54) is 18.2 Å². The van der Waals surface area contributed by atoms with Gasteiger partial charge in [0.1, 0.15) is 5.82 Å². The fourth-order valence-corrected chi connectivity index (χ4v) is 2.04. The number of ether oxygens (including phenoxy) is 1. The Kier molecular flexibility index (Phi) is 6.60. The Morgan fingerprint density at radius 1 is 1.61 bits per heavy atom. The van der Waals surface area contributed by atoms with E-state index in [1.54, 1.807) is 7.11 Å². The third-order valence-corrected chi connectivity index (χ3v) is 3.38. The molecule has 0 saturated heterocycles. The molecule has 1 atom stereocenters. The zero-order valence-electron chi connectivity index (χ0n) is 9.88. The van der Waals surface area contributed by atoms with Gasteiger partial charge in [-0.25, -0.2) is 4.39 Å². The molecule has 0 spiro atoms. The summed E-state index contributed by atoms with van der Waals surface area (Å²) in [5.74, 6) is -1.06. The average Bonchev–Trinajstić information content (AvgIpc) is 2.37. The lowest BCUT2D eigenvalue weighted by atomic mass is 10.1. The van der Waals surface area contributed by atoms with Crippen LogP contribution in [0.1, 0.15) is 16.8 Å². The number of nitrogens with one attached hydrogen (secondary N) is 1. The van der Waals surface area contributed by atoms with Crippen LogP contribution in [0.4, 0.5) is 4.39 Å². The second kappa shape index (κ2) is 7.71. The van der Waals surface area contributed by atoms with E-state index in [0.717, 1.165) is 0 Å². The van der Waals surface area contributed by atoms with Crippen LogP contribution >= 0.6 is 27.5 Å². The van der Waals surface area contributed by atoms with Gasteiger partial charge in [0.25, 0.3) is 5.91 Å². The number of benzene rings is 1. The average molecular weight is 339 g/mol. The number of halogens is 3. The SMILES string of the molecule is COCCC(CBr)NC(=O)c1cc(Cl)ccc1F. The Labute approximate surface area is 119 Å². The Hall–Kier alpha value is -0.650. The zero-order valence-corrected chi connectivity index (χ0v) is 12.2. The standard InChI is InChI=1S/C12H14BrClFNO2/c1-18-5-4-9(7-13)16-12(17)10-6-8(14)2-3-11(10)15/h2-3,6,9H,4-5,7H2,1H3,(H,16,17). The molecule has 1 amide bonds. The molecule has 6 heteroatoms. The van der Waals surface area contributed by atoms with Crippen LogP contribution in [0.2, 0.25) is 5.02 Å². The third-order valence-electron chi connectivity index (χ3n) is 2.36. The molecule has 1 aromatic rings. The molecule has 3 nitrogen and oxygen atoms in total. The van der Waals surface area contributed by atoms with Gasteiger partial charge in [0, 0.05) is 30.1 Å². The fourth-order valence-electron chi connectivity index (χ4n) is 1.38. The predicted octanol–water partition coefficient (Wildman–Crippen LogP) is 3.01. The Morgan fingerprint density at radius 2 is 2.33 bits per heavy atom. The molecule has 1 N–H and O–H groups in total. The van der Waals surface area contributed by atoms with E-state index in [2.05, 4.69) is 21.2 Å². The monoisotopic (exact) mass is 337 g/mol. The highest BCUT2D eigenvalue weighted by Crippen LogP contribution is 2.15. The van der Waals surface area contributed by atoms with Gasteiger partial charge in [-0.15, -0.1) is 0 Å². The molecule has 1 rings (SSSR count). The number of amides is 1. The molecule has 1 aromatic carbocycles. The molecule has 0 aromatic heterocycles. The van der Waals surface area contributed by atoms with Crippen LogP contribution < -0.4 is 5.32 Å². The van der Waals surface area contributed by atoms with E-state index in [-0.39, 0.29) is 11.6 Å². The number of hydrogen-bond acceptors (Lipinski definition) is 2. The van der Waals surface area contributed by atoms with Crippen molar-refractivity contribution in [2.24, 2.45) is 0 Å². The Balaban J connectivity index is 2.71. The molecular weight excluding hydrogens is 324 g/mol. The van der Waals surface area contributed by atoms with E-state index in [0.29, 0.717) is 23.4 Å². The van der Waals surface area contributed by atoms with Crippen molar-refractivity contribution in [1.82, 2.24) is 5.32 Å². The topological polar surface area (TPSA) is 38.3 Å². The first-order valence-electron chi connectivity index (χ1n) is 5.39. The number of methoxy groups -OCH3 is 1. The van der Waals surface area contributed by atoms with Crippen LogP contribution in [0.5, 0.6) is 0 Å². The largest absolute Gasteiger partial charge is 0.385 e. The second-order valence-corrected chi connectivity index (χ2v) is 4.81. The van der Waals surface area contributed by atoms with Crippen molar-refractivity contribution >= 4 is 33.4 Å². The molecule has 0 heterocycles. The first kappa shape index (κ1) is 15.4. The summed E-state index contributed by atoms with van der Waals surface area (Å²) in [6.45, 7) is 0.522. The van der Waals surface area contributed by atoms with Gasteiger partial charge in [0.05, 0.1) is 5.56 Å². The number of rotatable bonds is 6. The van der Waals surface area contributed by atoms with Crippen molar-refractivity contribution in [1.29, 1.82) is 0 Å². The van der Waals surface area contributed by atoms with Crippen LogP contribution in [-0.2, 0) is 4.74 Å².